The molecule has 3 nitrogen and oxygen atoms in total. The molecular formula is C19H21FN2O. The zero-order chi connectivity index (χ0) is 16.1. The molecule has 1 heterocycles. The van der Waals surface area contributed by atoms with Crippen LogP contribution in [0.1, 0.15) is 34.3 Å². The first-order chi connectivity index (χ1) is 11.2. The van der Waals surface area contributed by atoms with E-state index in [4.69, 9.17) is 0 Å². The van der Waals surface area contributed by atoms with Gasteiger partial charge in [0.15, 0.2) is 0 Å². The predicted molar refractivity (Wildman–Crippen MR) is 88.5 cm³/mol. The third-order valence-electron chi connectivity index (χ3n) is 4.26. The number of halogens is 1. The van der Waals surface area contributed by atoms with Crippen molar-refractivity contribution in [3.05, 3.63) is 71.0 Å². The van der Waals surface area contributed by atoms with Crippen molar-refractivity contribution in [2.24, 2.45) is 0 Å². The highest BCUT2D eigenvalue weighted by molar-refractivity contribution is 5.94. The number of rotatable bonds is 5. The van der Waals surface area contributed by atoms with Crippen molar-refractivity contribution in [3.63, 3.8) is 0 Å². The number of nitrogens with zero attached hydrogens (tertiary/aromatic N) is 1. The van der Waals surface area contributed by atoms with Gasteiger partial charge in [-0.25, -0.2) is 4.39 Å². The van der Waals surface area contributed by atoms with Crippen LogP contribution in [0.5, 0.6) is 0 Å². The largest absolute Gasteiger partial charge is 0.348 e. The average molecular weight is 312 g/mol. The lowest BCUT2D eigenvalue weighted by Crippen LogP contribution is -2.25. The summed E-state index contributed by atoms with van der Waals surface area (Å²) in [7, 11) is 0. The molecule has 1 amide bonds. The Balaban J connectivity index is 1.63. The molecule has 23 heavy (non-hydrogen) atoms. The van der Waals surface area contributed by atoms with Gasteiger partial charge in [-0.1, -0.05) is 24.3 Å². The van der Waals surface area contributed by atoms with Gasteiger partial charge >= 0.3 is 0 Å². The van der Waals surface area contributed by atoms with Crippen molar-refractivity contribution in [2.75, 3.05) is 13.1 Å². The van der Waals surface area contributed by atoms with Crippen LogP contribution in [0.2, 0.25) is 0 Å². The molecule has 0 aromatic heterocycles. The SMILES string of the molecule is O=C(NCc1ccccc1CN1CCCC1)c1ccc(F)cc1. The van der Waals surface area contributed by atoms with E-state index in [-0.39, 0.29) is 11.7 Å². The Morgan fingerprint density at radius 2 is 1.65 bits per heavy atom. The van der Waals surface area contributed by atoms with Gasteiger partial charge in [0.2, 0.25) is 0 Å². The van der Waals surface area contributed by atoms with Crippen LogP contribution in [0.15, 0.2) is 48.5 Å². The Morgan fingerprint density at radius 1 is 1.00 bits per heavy atom. The quantitative estimate of drug-likeness (QED) is 0.918. The molecule has 0 atom stereocenters. The second-order valence-electron chi connectivity index (χ2n) is 5.94. The normalized spacial score (nSPS) is 14.8. The van der Waals surface area contributed by atoms with Crippen LogP contribution in [0.3, 0.4) is 0 Å². The molecule has 120 valence electrons. The molecule has 4 heteroatoms. The van der Waals surface area contributed by atoms with E-state index in [0.717, 1.165) is 25.2 Å². The lowest BCUT2D eigenvalue weighted by molar-refractivity contribution is 0.0950. The first kappa shape index (κ1) is 15.7. The molecule has 0 saturated carbocycles. The summed E-state index contributed by atoms with van der Waals surface area (Å²) >= 11 is 0. The van der Waals surface area contributed by atoms with E-state index < -0.39 is 0 Å². The van der Waals surface area contributed by atoms with E-state index in [9.17, 15) is 9.18 Å². The third kappa shape index (κ3) is 4.17. The van der Waals surface area contributed by atoms with E-state index >= 15 is 0 Å². The summed E-state index contributed by atoms with van der Waals surface area (Å²) in [6.45, 7) is 3.72. The highest BCUT2D eigenvalue weighted by Crippen LogP contribution is 2.16. The van der Waals surface area contributed by atoms with Gasteiger partial charge < -0.3 is 5.32 Å². The summed E-state index contributed by atoms with van der Waals surface area (Å²) in [5, 5.41) is 2.92. The molecule has 0 bridgehead atoms. The molecular weight excluding hydrogens is 291 g/mol. The van der Waals surface area contributed by atoms with E-state index in [1.807, 2.05) is 12.1 Å². The van der Waals surface area contributed by atoms with E-state index in [2.05, 4.69) is 22.3 Å². The lowest BCUT2D eigenvalue weighted by atomic mass is 10.1. The van der Waals surface area contributed by atoms with Gasteiger partial charge in [-0.15, -0.1) is 0 Å². The Morgan fingerprint density at radius 3 is 2.35 bits per heavy atom. The van der Waals surface area contributed by atoms with Crippen LogP contribution in [0, 0.1) is 5.82 Å². The van der Waals surface area contributed by atoms with Crippen molar-refractivity contribution >= 4 is 5.91 Å². The fourth-order valence-electron chi connectivity index (χ4n) is 2.94. The molecule has 0 radical (unpaired) electrons. The second-order valence-corrected chi connectivity index (χ2v) is 5.94. The van der Waals surface area contributed by atoms with E-state index in [0.29, 0.717) is 12.1 Å². The summed E-state index contributed by atoms with van der Waals surface area (Å²) in [6.07, 6.45) is 2.53. The van der Waals surface area contributed by atoms with Gasteiger partial charge in [0.05, 0.1) is 0 Å². The minimum Gasteiger partial charge on any atom is -0.348 e. The number of nitrogens with one attached hydrogen (secondary N) is 1. The predicted octanol–water partition coefficient (Wildman–Crippen LogP) is 3.35. The molecule has 1 N–H and O–H groups in total. The molecule has 1 aliphatic rings. The number of likely N-dealkylation sites (tertiary alicyclic amines) is 1. The summed E-state index contributed by atoms with van der Waals surface area (Å²) in [5.41, 5.74) is 2.87. The highest BCUT2D eigenvalue weighted by atomic mass is 19.1. The summed E-state index contributed by atoms with van der Waals surface area (Å²) in [5.74, 6) is -0.515. The van der Waals surface area contributed by atoms with Crippen LogP contribution in [0.4, 0.5) is 4.39 Å². The molecule has 1 fully saturated rings. The van der Waals surface area contributed by atoms with Gasteiger partial charge in [0.25, 0.3) is 5.91 Å². The molecule has 3 rings (SSSR count). The third-order valence-corrected chi connectivity index (χ3v) is 4.26. The molecule has 0 aliphatic carbocycles. The first-order valence-corrected chi connectivity index (χ1v) is 8.05. The van der Waals surface area contributed by atoms with Crippen molar-refractivity contribution in [3.8, 4) is 0 Å². The van der Waals surface area contributed by atoms with Crippen LogP contribution in [0.25, 0.3) is 0 Å². The van der Waals surface area contributed by atoms with Gasteiger partial charge in [-0.3, -0.25) is 9.69 Å². The zero-order valence-corrected chi connectivity index (χ0v) is 13.1. The Kier molecular flexibility index (Phi) is 5.03. The maximum Gasteiger partial charge on any atom is 0.251 e. The number of hydrogen-bond acceptors (Lipinski definition) is 2. The summed E-state index contributed by atoms with van der Waals surface area (Å²) < 4.78 is 12.9. The molecule has 1 aliphatic heterocycles. The minimum absolute atomic E-state index is 0.180. The maximum absolute atomic E-state index is 12.9. The van der Waals surface area contributed by atoms with Crippen molar-refractivity contribution in [1.29, 1.82) is 0 Å². The zero-order valence-electron chi connectivity index (χ0n) is 13.1. The molecule has 1 saturated heterocycles. The Labute approximate surface area is 136 Å². The van der Waals surface area contributed by atoms with Crippen molar-refractivity contribution < 1.29 is 9.18 Å². The van der Waals surface area contributed by atoms with Crippen LogP contribution in [-0.2, 0) is 13.1 Å². The molecule has 0 unspecified atom stereocenters. The monoisotopic (exact) mass is 312 g/mol. The molecule has 2 aromatic rings. The van der Waals surface area contributed by atoms with Gasteiger partial charge in [0, 0.05) is 18.7 Å². The number of benzene rings is 2. The first-order valence-electron chi connectivity index (χ1n) is 8.05. The standard InChI is InChI=1S/C19H21FN2O/c20-18-9-7-15(8-10-18)19(23)21-13-16-5-1-2-6-17(16)14-22-11-3-4-12-22/h1-2,5-10H,3-4,11-14H2,(H,21,23). The van der Waals surface area contributed by atoms with Gasteiger partial charge in [-0.05, 0) is 61.3 Å². The van der Waals surface area contributed by atoms with Crippen LogP contribution < -0.4 is 5.32 Å². The minimum atomic E-state index is -0.336. The van der Waals surface area contributed by atoms with E-state index in [1.54, 1.807) is 0 Å². The molecule has 0 spiro atoms. The topological polar surface area (TPSA) is 32.3 Å². The second kappa shape index (κ2) is 7.38. The summed E-state index contributed by atoms with van der Waals surface area (Å²) in [6, 6.07) is 13.8. The van der Waals surface area contributed by atoms with Gasteiger partial charge in [-0.2, -0.15) is 0 Å². The van der Waals surface area contributed by atoms with Crippen molar-refractivity contribution in [1.82, 2.24) is 10.2 Å². The Hall–Kier alpha value is -2.20. The molecule has 2 aromatic carbocycles. The number of carbonyl (C=O) groups is 1. The van der Waals surface area contributed by atoms with E-state index in [1.165, 1.54) is 42.7 Å². The average Bonchev–Trinajstić information content (AvgIpc) is 3.07. The van der Waals surface area contributed by atoms with Crippen LogP contribution >= 0.6 is 0 Å². The fourth-order valence-corrected chi connectivity index (χ4v) is 2.94. The number of carbonyl (C=O) groups excluding carboxylic acids is 1. The highest BCUT2D eigenvalue weighted by Gasteiger charge is 2.14. The fraction of sp³-hybridized carbons (Fsp3) is 0.316. The maximum atomic E-state index is 12.9. The van der Waals surface area contributed by atoms with Crippen LogP contribution in [-0.4, -0.2) is 23.9 Å². The smallest absolute Gasteiger partial charge is 0.251 e. The number of amides is 1. The van der Waals surface area contributed by atoms with Gasteiger partial charge in [0.1, 0.15) is 5.82 Å². The Bertz CT molecular complexity index is 663. The lowest BCUT2D eigenvalue weighted by Gasteiger charge is -2.17. The van der Waals surface area contributed by atoms with Crippen molar-refractivity contribution in [2.45, 2.75) is 25.9 Å². The number of hydrogen-bond donors (Lipinski definition) is 1. The summed E-state index contributed by atoms with van der Waals surface area (Å²) in [4.78, 5) is 14.6.